The lowest BCUT2D eigenvalue weighted by Gasteiger charge is -2.31. The molecule has 0 aromatic heterocycles. The zero-order valence-corrected chi connectivity index (χ0v) is 11.6. The molecule has 4 atom stereocenters. The van der Waals surface area contributed by atoms with E-state index in [2.05, 4.69) is 0 Å². The zero-order chi connectivity index (χ0) is 14.6. The first-order chi connectivity index (χ1) is 10.2. The molecule has 0 spiro atoms. The maximum Gasteiger partial charge on any atom is 0.231 e. The van der Waals surface area contributed by atoms with Gasteiger partial charge in [-0.2, -0.15) is 0 Å². The van der Waals surface area contributed by atoms with Gasteiger partial charge >= 0.3 is 0 Å². The minimum atomic E-state index is -1.09. The van der Waals surface area contributed by atoms with E-state index >= 15 is 0 Å². The number of amides is 1. The molecule has 4 nitrogen and oxygen atoms in total. The zero-order valence-electron chi connectivity index (χ0n) is 11.6. The van der Waals surface area contributed by atoms with E-state index in [0.29, 0.717) is 6.54 Å². The molecule has 3 aliphatic rings. The van der Waals surface area contributed by atoms with E-state index in [1.807, 2.05) is 36.4 Å². The van der Waals surface area contributed by atoms with Crippen molar-refractivity contribution in [3.63, 3.8) is 0 Å². The number of hydrogen-bond donors (Lipinski definition) is 0. The maximum atomic E-state index is 12.9. The van der Waals surface area contributed by atoms with E-state index in [4.69, 9.17) is 0 Å². The van der Waals surface area contributed by atoms with Crippen LogP contribution in [0.5, 0.6) is 0 Å². The Kier molecular flexibility index (Phi) is 2.67. The van der Waals surface area contributed by atoms with Crippen LogP contribution in [0.3, 0.4) is 0 Å². The molecule has 0 N–H and O–H groups in total. The first-order valence-corrected chi connectivity index (χ1v) is 7.45. The number of carbonyl (C=O) groups is 2. The Morgan fingerprint density at radius 1 is 1.10 bits per heavy atom. The Hall–Kier alpha value is -2.10. The molecule has 0 saturated heterocycles. The first kappa shape index (κ1) is 12.6. The molecule has 1 aliphatic heterocycles. The van der Waals surface area contributed by atoms with Crippen molar-refractivity contribution in [1.29, 1.82) is 0 Å². The Bertz CT molecular complexity index is 651. The standard InChI is InChI=1S/C17H17NO3/c19-16(18-8-7-10-3-1-2-4-13(10)18)14-11-5-6-12(9-11)15(14)17(20)21/h1-6,11-12,14-15H,7-9H2,(H,20,21)/p-1/t11-,12+,14-,15+/m1/s1. The summed E-state index contributed by atoms with van der Waals surface area (Å²) >= 11 is 0. The number of hydrogen-bond acceptors (Lipinski definition) is 3. The first-order valence-electron chi connectivity index (χ1n) is 7.45. The molecular weight excluding hydrogens is 266 g/mol. The van der Waals surface area contributed by atoms with Gasteiger partial charge in [0.25, 0.3) is 0 Å². The Balaban J connectivity index is 1.67. The third-order valence-corrected chi connectivity index (χ3v) is 5.17. The predicted molar refractivity (Wildman–Crippen MR) is 75.2 cm³/mol. The molecule has 1 saturated carbocycles. The highest BCUT2D eigenvalue weighted by molar-refractivity contribution is 5.99. The molecule has 4 rings (SSSR count). The number of carboxylic acids is 1. The number of rotatable bonds is 2. The second-order valence-corrected chi connectivity index (χ2v) is 6.19. The van der Waals surface area contributed by atoms with Gasteiger partial charge in [0.2, 0.25) is 5.91 Å². The van der Waals surface area contributed by atoms with Crippen LogP contribution in [-0.4, -0.2) is 18.4 Å². The van der Waals surface area contributed by atoms with E-state index in [-0.39, 0.29) is 17.7 Å². The number of para-hydroxylation sites is 1. The predicted octanol–water partition coefficient (Wildman–Crippen LogP) is 0.764. The van der Waals surface area contributed by atoms with E-state index in [0.717, 1.165) is 24.1 Å². The summed E-state index contributed by atoms with van der Waals surface area (Å²) in [5, 5.41) is 11.5. The van der Waals surface area contributed by atoms with Gasteiger partial charge < -0.3 is 14.8 Å². The van der Waals surface area contributed by atoms with Crippen LogP contribution < -0.4 is 10.0 Å². The minimum absolute atomic E-state index is 0.0354. The van der Waals surface area contributed by atoms with Crippen LogP contribution in [0.4, 0.5) is 5.69 Å². The quantitative estimate of drug-likeness (QED) is 0.753. The summed E-state index contributed by atoms with van der Waals surface area (Å²) in [4.78, 5) is 26.1. The Morgan fingerprint density at radius 2 is 1.81 bits per heavy atom. The molecule has 1 fully saturated rings. The number of fused-ring (bicyclic) bond motifs is 3. The normalized spacial score (nSPS) is 32.5. The van der Waals surface area contributed by atoms with E-state index in [9.17, 15) is 14.7 Å². The van der Waals surface area contributed by atoms with Gasteiger partial charge in [-0.1, -0.05) is 30.4 Å². The topological polar surface area (TPSA) is 60.4 Å². The summed E-state index contributed by atoms with van der Waals surface area (Å²) in [6.07, 6.45) is 5.56. The van der Waals surface area contributed by atoms with Gasteiger partial charge in [0, 0.05) is 24.1 Å². The fourth-order valence-corrected chi connectivity index (χ4v) is 4.23. The number of aliphatic carboxylic acids is 1. The molecule has 1 heterocycles. The smallest absolute Gasteiger partial charge is 0.231 e. The molecular formula is C17H16NO3-. The highest BCUT2D eigenvalue weighted by Crippen LogP contribution is 2.49. The van der Waals surface area contributed by atoms with Gasteiger partial charge in [0.1, 0.15) is 0 Å². The number of anilines is 1. The van der Waals surface area contributed by atoms with Crippen molar-refractivity contribution in [3.8, 4) is 0 Å². The van der Waals surface area contributed by atoms with Crippen LogP contribution in [0.25, 0.3) is 0 Å². The monoisotopic (exact) mass is 282 g/mol. The molecule has 1 aromatic carbocycles. The lowest BCUT2D eigenvalue weighted by Crippen LogP contribution is -2.46. The van der Waals surface area contributed by atoms with Gasteiger partial charge in [-0.05, 0) is 36.3 Å². The molecule has 1 amide bonds. The van der Waals surface area contributed by atoms with E-state index < -0.39 is 17.8 Å². The number of carboxylic acid groups (broad SMARTS) is 1. The van der Waals surface area contributed by atoms with Crippen molar-refractivity contribution in [1.82, 2.24) is 0 Å². The SMILES string of the molecule is O=C([O-])[C@@H]1[C@H](C(=O)N2CCc3ccccc32)[C@@H]2C=C[C@H]1C2. The number of benzene rings is 1. The number of nitrogens with zero attached hydrogens (tertiary/aromatic N) is 1. The van der Waals surface area contributed by atoms with Crippen LogP contribution in [0.15, 0.2) is 36.4 Å². The van der Waals surface area contributed by atoms with Gasteiger partial charge in [-0.25, -0.2) is 0 Å². The highest BCUT2D eigenvalue weighted by atomic mass is 16.4. The summed E-state index contributed by atoms with van der Waals surface area (Å²) < 4.78 is 0. The van der Waals surface area contributed by atoms with E-state index in [1.165, 1.54) is 0 Å². The second kappa shape index (κ2) is 4.45. The lowest BCUT2D eigenvalue weighted by molar-refractivity contribution is -0.313. The van der Waals surface area contributed by atoms with Crippen LogP contribution in [0.2, 0.25) is 0 Å². The van der Waals surface area contributed by atoms with Gasteiger partial charge in [-0.3, -0.25) is 4.79 Å². The third-order valence-electron chi connectivity index (χ3n) is 5.17. The van der Waals surface area contributed by atoms with Gasteiger partial charge in [0.05, 0.1) is 5.92 Å². The van der Waals surface area contributed by atoms with Crippen molar-refractivity contribution >= 4 is 17.6 Å². The maximum absolute atomic E-state index is 12.9. The molecule has 1 aromatic rings. The fraction of sp³-hybridized carbons (Fsp3) is 0.412. The molecule has 2 aliphatic carbocycles. The van der Waals surface area contributed by atoms with Crippen molar-refractivity contribution in [2.75, 3.05) is 11.4 Å². The summed E-state index contributed by atoms with van der Waals surface area (Å²) in [6.45, 7) is 0.648. The average Bonchev–Trinajstić information content (AvgIpc) is 3.19. The summed E-state index contributed by atoms with van der Waals surface area (Å²) in [5.41, 5.74) is 2.10. The molecule has 2 bridgehead atoms. The molecule has 108 valence electrons. The summed E-state index contributed by atoms with van der Waals surface area (Å²) in [6, 6.07) is 7.86. The largest absolute Gasteiger partial charge is 0.550 e. The van der Waals surface area contributed by atoms with Crippen LogP contribution in [0.1, 0.15) is 12.0 Å². The van der Waals surface area contributed by atoms with Crippen molar-refractivity contribution in [2.24, 2.45) is 23.7 Å². The van der Waals surface area contributed by atoms with E-state index in [1.54, 1.807) is 4.90 Å². The van der Waals surface area contributed by atoms with Crippen LogP contribution >= 0.6 is 0 Å². The van der Waals surface area contributed by atoms with Gasteiger partial charge in [0.15, 0.2) is 0 Å². The van der Waals surface area contributed by atoms with Crippen LogP contribution in [0, 0.1) is 23.7 Å². The molecule has 4 heteroatoms. The summed E-state index contributed by atoms with van der Waals surface area (Å²) in [7, 11) is 0. The van der Waals surface area contributed by atoms with Gasteiger partial charge in [-0.15, -0.1) is 0 Å². The number of allylic oxidation sites excluding steroid dienone is 2. The Morgan fingerprint density at radius 3 is 2.57 bits per heavy atom. The van der Waals surface area contributed by atoms with Crippen molar-refractivity contribution < 1.29 is 14.7 Å². The molecule has 0 radical (unpaired) electrons. The fourth-order valence-electron chi connectivity index (χ4n) is 4.23. The second-order valence-electron chi connectivity index (χ2n) is 6.19. The van der Waals surface area contributed by atoms with Crippen molar-refractivity contribution in [2.45, 2.75) is 12.8 Å². The van der Waals surface area contributed by atoms with Crippen molar-refractivity contribution in [3.05, 3.63) is 42.0 Å². The minimum Gasteiger partial charge on any atom is -0.550 e. The number of carbonyl (C=O) groups excluding carboxylic acids is 2. The molecule has 0 unspecified atom stereocenters. The highest BCUT2D eigenvalue weighted by Gasteiger charge is 2.50. The Labute approximate surface area is 123 Å². The third kappa shape index (κ3) is 1.75. The summed E-state index contributed by atoms with van der Waals surface area (Å²) in [5.74, 6) is -2.25. The molecule has 21 heavy (non-hydrogen) atoms. The lowest BCUT2D eigenvalue weighted by atomic mass is 9.82. The average molecular weight is 282 g/mol. The van der Waals surface area contributed by atoms with Crippen LogP contribution in [-0.2, 0) is 16.0 Å².